The van der Waals surface area contributed by atoms with Crippen molar-refractivity contribution >= 4 is 11.0 Å². The number of imidazole rings is 1. The molecule has 3 aromatic rings. The molecule has 0 spiro atoms. The van der Waals surface area contributed by atoms with Gasteiger partial charge in [0.15, 0.2) is 0 Å². The second kappa shape index (κ2) is 9.90. The van der Waals surface area contributed by atoms with Crippen LogP contribution in [0.1, 0.15) is 24.8 Å². The van der Waals surface area contributed by atoms with Gasteiger partial charge in [-0.1, -0.05) is 24.3 Å². The van der Waals surface area contributed by atoms with Gasteiger partial charge < -0.3 is 14.0 Å². The second-order valence-electron chi connectivity index (χ2n) is 7.90. The number of rotatable bonds is 9. The van der Waals surface area contributed by atoms with Gasteiger partial charge in [0.2, 0.25) is 0 Å². The topological polar surface area (TPSA) is 39.5 Å². The van der Waals surface area contributed by atoms with Crippen molar-refractivity contribution in [3.8, 4) is 5.75 Å². The maximum Gasteiger partial charge on any atom is 0.118 e. The molecule has 1 saturated heterocycles. The van der Waals surface area contributed by atoms with Crippen LogP contribution in [-0.4, -0.2) is 47.9 Å². The van der Waals surface area contributed by atoms with Crippen LogP contribution in [-0.2, 0) is 17.8 Å². The molecule has 2 heterocycles. The first-order valence-electron chi connectivity index (χ1n) is 10.6. The highest BCUT2D eigenvalue weighted by atomic mass is 16.5. The third-order valence-electron chi connectivity index (χ3n) is 5.95. The highest BCUT2D eigenvalue weighted by Crippen LogP contribution is 2.22. The summed E-state index contributed by atoms with van der Waals surface area (Å²) in [6.45, 7) is 5.86. The largest absolute Gasteiger partial charge is 0.497 e. The summed E-state index contributed by atoms with van der Waals surface area (Å²) in [4.78, 5) is 6.99. The minimum Gasteiger partial charge on any atom is -0.497 e. The number of nitrogens with zero attached hydrogens (tertiary/aromatic N) is 3. The van der Waals surface area contributed by atoms with E-state index in [0.29, 0.717) is 0 Å². The predicted molar refractivity (Wildman–Crippen MR) is 116 cm³/mol. The standard InChI is InChI=1S/C24H31N3O2/c1-28-22-8-6-21(7-9-22)18-26-13-10-20(11-14-26)12-16-29-17-15-27-19-25-23-4-2-3-5-24(23)27/h2-9,19-20H,10-18H2,1H3. The van der Waals surface area contributed by atoms with Gasteiger partial charge in [-0.2, -0.15) is 0 Å². The summed E-state index contributed by atoms with van der Waals surface area (Å²) in [5.41, 5.74) is 3.59. The number of ether oxygens (including phenoxy) is 2. The Hall–Kier alpha value is -2.37. The summed E-state index contributed by atoms with van der Waals surface area (Å²) >= 11 is 0. The molecule has 4 rings (SSSR count). The van der Waals surface area contributed by atoms with Crippen molar-refractivity contribution in [3.05, 3.63) is 60.4 Å². The molecule has 5 nitrogen and oxygen atoms in total. The molecule has 5 heteroatoms. The average molecular weight is 394 g/mol. The summed E-state index contributed by atoms with van der Waals surface area (Å²) in [5.74, 6) is 1.71. The summed E-state index contributed by atoms with van der Waals surface area (Å²) < 4.78 is 13.3. The van der Waals surface area contributed by atoms with Crippen molar-refractivity contribution in [2.24, 2.45) is 5.92 Å². The van der Waals surface area contributed by atoms with Crippen molar-refractivity contribution in [3.63, 3.8) is 0 Å². The van der Waals surface area contributed by atoms with Gasteiger partial charge in [0.25, 0.3) is 0 Å². The Balaban J connectivity index is 1.11. The molecule has 1 aliphatic rings. The molecule has 154 valence electrons. The Labute approximate surface area is 173 Å². The number of hydrogen-bond acceptors (Lipinski definition) is 4. The van der Waals surface area contributed by atoms with Crippen LogP contribution in [0.5, 0.6) is 5.75 Å². The molecule has 1 aromatic heterocycles. The number of benzene rings is 2. The van der Waals surface area contributed by atoms with E-state index in [1.807, 2.05) is 30.6 Å². The Morgan fingerprint density at radius 2 is 1.79 bits per heavy atom. The Bertz CT molecular complexity index is 883. The molecule has 0 aliphatic carbocycles. The average Bonchev–Trinajstić information content (AvgIpc) is 3.18. The first-order valence-corrected chi connectivity index (χ1v) is 10.6. The molecular weight excluding hydrogens is 362 g/mol. The van der Waals surface area contributed by atoms with E-state index in [4.69, 9.17) is 9.47 Å². The van der Waals surface area contributed by atoms with Gasteiger partial charge in [0.05, 0.1) is 31.1 Å². The number of aromatic nitrogens is 2. The molecule has 2 aromatic carbocycles. The van der Waals surface area contributed by atoms with Crippen molar-refractivity contribution in [2.75, 3.05) is 33.4 Å². The van der Waals surface area contributed by atoms with Crippen molar-refractivity contribution < 1.29 is 9.47 Å². The molecule has 1 fully saturated rings. The number of methoxy groups -OCH3 is 1. The maximum atomic E-state index is 5.93. The number of likely N-dealkylation sites (tertiary alicyclic amines) is 1. The lowest BCUT2D eigenvalue weighted by Crippen LogP contribution is -2.33. The van der Waals surface area contributed by atoms with E-state index in [1.54, 1.807) is 7.11 Å². The third-order valence-corrected chi connectivity index (χ3v) is 5.95. The van der Waals surface area contributed by atoms with Crippen molar-refractivity contribution in [1.29, 1.82) is 0 Å². The van der Waals surface area contributed by atoms with Gasteiger partial charge >= 0.3 is 0 Å². The maximum absolute atomic E-state index is 5.93. The summed E-state index contributed by atoms with van der Waals surface area (Å²) in [5, 5.41) is 0. The Kier molecular flexibility index (Phi) is 6.80. The lowest BCUT2D eigenvalue weighted by molar-refractivity contribution is 0.0953. The smallest absolute Gasteiger partial charge is 0.118 e. The fraction of sp³-hybridized carbons (Fsp3) is 0.458. The molecule has 0 radical (unpaired) electrons. The van der Waals surface area contributed by atoms with E-state index in [2.05, 4.69) is 38.7 Å². The molecule has 0 saturated carbocycles. The van der Waals surface area contributed by atoms with Crippen molar-refractivity contribution in [1.82, 2.24) is 14.5 Å². The lowest BCUT2D eigenvalue weighted by Gasteiger charge is -2.32. The van der Waals surface area contributed by atoms with Gasteiger partial charge in [-0.15, -0.1) is 0 Å². The van der Waals surface area contributed by atoms with E-state index in [9.17, 15) is 0 Å². The van der Waals surface area contributed by atoms with Gasteiger partial charge in [0.1, 0.15) is 5.75 Å². The molecule has 1 aliphatic heterocycles. The summed E-state index contributed by atoms with van der Waals surface area (Å²) in [6, 6.07) is 16.7. The Morgan fingerprint density at radius 3 is 2.59 bits per heavy atom. The quantitative estimate of drug-likeness (QED) is 0.506. The third kappa shape index (κ3) is 5.37. The lowest BCUT2D eigenvalue weighted by atomic mass is 9.93. The van der Waals surface area contributed by atoms with E-state index in [0.717, 1.165) is 43.5 Å². The molecule has 0 amide bonds. The van der Waals surface area contributed by atoms with E-state index in [1.165, 1.54) is 43.4 Å². The highest BCUT2D eigenvalue weighted by molar-refractivity contribution is 5.74. The zero-order valence-electron chi connectivity index (χ0n) is 17.3. The molecule has 0 atom stereocenters. The number of fused-ring (bicyclic) bond motifs is 1. The van der Waals surface area contributed by atoms with Crippen LogP contribution >= 0.6 is 0 Å². The van der Waals surface area contributed by atoms with Crippen LogP contribution in [0, 0.1) is 5.92 Å². The van der Waals surface area contributed by atoms with Gasteiger partial charge in [-0.3, -0.25) is 4.90 Å². The Morgan fingerprint density at radius 1 is 1.00 bits per heavy atom. The predicted octanol–water partition coefficient (Wildman–Crippen LogP) is 4.36. The van der Waals surface area contributed by atoms with Crippen LogP contribution in [0.25, 0.3) is 11.0 Å². The number of piperidine rings is 1. The molecule has 0 N–H and O–H groups in total. The van der Waals surface area contributed by atoms with Gasteiger partial charge in [-0.25, -0.2) is 4.98 Å². The number of para-hydroxylation sites is 2. The van der Waals surface area contributed by atoms with Crippen LogP contribution in [0.3, 0.4) is 0 Å². The molecule has 29 heavy (non-hydrogen) atoms. The van der Waals surface area contributed by atoms with Crippen LogP contribution in [0.4, 0.5) is 0 Å². The van der Waals surface area contributed by atoms with Gasteiger partial charge in [-0.05, 0) is 68.1 Å². The van der Waals surface area contributed by atoms with Crippen LogP contribution in [0.15, 0.2) is 54.9 Å². The fourth-order valence-corrected chi connectivity index (χ4v) is 4.13. The zero-order chi connectivity index (χ0) is 19.9. The highest BCUT2D eigenvalue weighted by Gasteiger charge is 2.19. The van der Waals surface area contributed by atoms with Crippen molar-refractivity contribution in [2.45, 2.75) is 32.4 Å². The zero-order valence-corrected chi connectivity index (χ0v) is 17.3. The second-order valence-corrected chi connectivity index (χ2v) is 7.90. The summed E-state index contributed by atoms with van der Waals surface area (Å²) in [6.07, 6.45) is 5.62. The molecule has 0 unspecified atom stereocenters. The van der Waals surface area contributed by atoms with Crippen LogP contribution in [0.2, 0.25) is 0 Å². The van der Waals surface area contributed by atoms with E-state index >= 15 is 0 Å². The molecule has 0 bridgehead atoms. The first-order chi connectivity index (χ1) is 14.3. The monoisotopic (exact) mass is 393 g/mol. The van der Waals surface area contributed by atoms with E-state index < -0.39 is 0 Å². The van der Waals surface area contributed by atoms with Crippen LogP contribution < -0.4 is 4.74 Å². The SMILES string of the molecule is COc1ccc(CN2CCC(CCOCCn3cnc4ccccc43)CC2)cc1. The normalized spacial score (nSPS) is 15.8. The minimum atomic E-state index is 0.747. The summed E-state index contributed by atoms with van der Waals surface area (Å²) in [7, 11) is 1.71. The number of hydrogen-bond donors (Lipinski definition) is 0. The molecular formula is C24H31N3O2. The first kappa shape index (κ1) is 19.9. The van der Waals surface area contributed by atoms with E-state index in [-0.39, 0.29) is 0 Å². The van der Waals surface area contributed by atoms with Gasteiger partial charge in [0, 0.05) is 19.7 Å². The minimum absolute atomic E-state index is 0.747. The fourth-order valence-electron chi connectivity index (χ4n) is 4.13.